The lowest BCUT2D eigenvalue weighted by molar-refractivity contribution is -0.108. The minimum Gasteiger partial charge on any atom is -0.448 e. The normalized spacial score (nSPS) is 11.4. The molecular weight excluding hydrogens is 406 g/mol. The summed E-state index contributed by atoms with van der Waals surface area (Å²) in [7, 11) is 3.10. The summed E-state index contributed by atoms with van der Waals surface area (Å²) < 4.78 is 5.38. The molecule has 166 valence electrons. The van der Waals surface area contributed by atoms with E-state index in [1.54, 1.807) is 20.2 Å². The van der Waals surface area contributed by atoms with Crippen molar-refractivity contribution in [1.82, 2.24) is 4.90 Å². The van der Waals surface area contributed by atoms with Crippen LogP contribution < -0.4 is 11.2 Å². The number of nitrogens with one attached hydrogen (secondary N) is 1. The van der Waals surface area contributed by atoms with Crippen molar-refractivity contribution in [3.8, 4) is 11.1 Å². The zero-order chi connectivity index (χ0) is 22.9. The quantitative estimate of drug-likeness (QED) is 0.342. The Morgan fingerprint density at radius 1 is 1.00 bits per heavy atom. The molecule has 1 aliphatic rings. The van der Waals surface area contributed by atoms with Crippen LogP contribution in [0.4, 0.5) is 16.2 Å². The van der Waals surface area contributed by atoms with Crippen LogP contribution in [0.15, 0.2) is 72.8 Å². The van der Waals surface area contributed by atoms with Crippen molar-refractivity contribution >= 4 is 23.8 Å². The number of para-hydroxylation sites is 2. The number of fused-ring (bicyclic) bond motifs is 3. The Labute approximate surface area is 187 Å². The summed E-state index contributed by atoms with van der Waals surface area (Å²) in [5.74, 6) is 0.0426. The lowest BCUT2D eigenvalue weighted by atomic mass is 9.98. The van der Waals surface area contributed by atoms with E-state index in [2.05, 4.69) is 34.6 Å². The number of rotatable bonds is 6. The Balaban J connectivity index is 0.000000243. The summed E-state index contributed by atoms with van der Waals surface area (Å²) in [6.45, 7) is 0.312. The van der Waals surface area contributed by atoms with E-state index < -0.39 is 6.09 Å². The molecule has 0 bridgehead atoms. The van der Waals surface area contributed by atoms with Crippen LogP contribution in [0.2, 0.25) is 0 Å². The van der Waals surface area contributed by atoms with Gasteiger partial charge in [0.25, 0.3) is 0 Å². The smallest absolute Gasteiger partial charge is 0.409 e. The monoisotopic (exact) mass is 433 g/mol. The van der Waals surface area contributed by atoms with E-state index in [0.29, 0.717) is 12.0 Å². The fraction of sp³-hybridized carbons (Fsp3) is 0.200. The van der Waals surface area contributed by atoms with Crippen molar-refractivity contribution in [2.75, 3.05) is 38.5 Å². The minimum absolute atomic E-state index is 0.0384. The molecule has 4 rings (SSSR count). The van der Waals surface area contributed by atoms with E-state index in [0.717, 1.165) is 5.69 Å². The molecule has 3 aromatic carbocycles. The molecule has 0 aliphatic heterocycles. The number of likely N-dealkylation sites (N-methyl/N-ethyl adjacent to an activating group) is 1. The van der Waals surface area contributed by atoms with Gasteiger partial charge in [-0.2, -0.15) is 0 Å². The fourth-order valence-corrected chi connectivity index (χ4v) is 3.59. The highest BCUT2D eigenvalue weighted by Crippen LogP contribution is 2.44. The van der Waals surface area contributed by atoms with Crippen LogP contribution >= 0.6 is 0 Å². The maximum atomic E-state index is 11.9. The Bertz CT molecular complexity index is 1020. The number of nitrogens with zero attached hydrogens (tertiary/aromatic N) is 1. The summed E-state index contributed by atoms with van der Waals surface area (Å²) in [5.41, 5.74) is 14.4. The Morgan fingerprint density at radius 3 is 2.12 bits per heavy atom. The van der Waals surface area contributed by atoms with E-state index in [1.165, 1.54) is 27.2 Å². The Morgan fingerprint density at radius 2 is 1.56 bits per heavy atom. The van der Waals surface area contributed by atoms with Crippen molar-refractivity contribution in [1.29, 1.82) is 0 Å². The first-order valence-corrected chi connectivity index (χ1v) is 10.2. The van der Waals surface area contributed by atoms with Gasteiger partial charge in [-0.1, -0.05) is 60.7 Å². The van der Waals surface area contributed by atoms with Gasteiger partial charge in [-0.25, -0.2) is 4.79 Å². The van der Waals surface area contributed by atoms with Gasteiger partial charge in [0.15, 0.2) is 0 Å². The standard InChI is InChI=1S/C18H17NO3.C7H10N2O/c1-19(10-11-20)18(21)22-12-17-15-8-4-2-6-13(15)14-7-3-5-9-16(14)17;1-10-9-7-5-3-2-4-6(7)8/h2-9,11,17H,10,12H2,1H3;2-5,9H,8H2,1H3. The first-order chi connectivity index (χ1) is 15.6. The molecule has 0 saturated carbocycles. The molecule has 32 heavy (non-hydrogen) atoms. The Kier molecular flexibility index (Phi) is 7.83. The average Bonchev–Trinajstić information content (AvgIpc) is 3.13. The third-order valence-corrected chi connectivity index (χ3v) is 5.17. The summed E-state index contributed by atoms with van der Waals surface area (Å²) >= 11 is 0. The second-order valence-corrected chi connectivity index (χ2v) is 7.24. The predicted octanol–water partition coefficient (Wildman–Crippen LogP) is 4.31. The number of amides is 1. The van der Waals surface area contributed by atoms with Gasteiger partial charge in [-0.05, 0) is 34.4 Å². The number of hydrogen-bond donors (Lipinski definition) is 2. The van der Waals surface area contributed by atoms with Crippen molar-refractivity contribution < 1.29 is 19.2 Å². The average molecular weight is 434 g/mol. The molecule has 0 spiro atoms. The first kappa shape index (κ1) is 22.8. The summed E-state index contributed by atoms with van der Waals surface area (Å²) in [4.78, 5) is 28.3. The van der Waals surface area contributed by atoms with Crippen molar-refractivity contribution in [3.05, 3.63) is 83.9 Å². The van der Waals surface area contributed by atoms with Gasteiger partial charge in [0.2, 0.25) is 0 Å². The summed E-state index contributed by atoms with van der Waals surface area (Å²) in [6, 6.07) is 23.8. The number of carbonyl (C=O) groups is 2. The minimum atomic E-state index is -0.478. The molecule has 0 atom stereocenters. The SMILES string of the molecule is CN(CC=O)C(=O)OCC1c2ccccc2-c2ccccc21.CONc1ccccc1N. The van der Waals surface area contributed by atoms with Crippen LogP contribution in [0.25, 0.3) is 11.1 Å². The zero-order valence-electron chi connectivity index (χ0n) is 18.2. The first-order valence-electron chi connectivity index (χ1n) is 10.2. The van der Waals surface area contributed by atoms with E-state index in [9.17, 15) is 9.59 Å². The Hall–Kier alpha value is -3.84. The number of ether oxygens (including phenoxy) is 1. The molecule has 1 amide bonds. The highest BCUT2D eigenvalue weighted by Gasteiger charge is 2.29. The maximum absolute atomic E-state index is 11.9. The van der Waals surface area contributed by atoms with Crippen LogP contribution in [0.3, 0.4) is 0 Å². The largest absolute Gasteiger partial charge is 0.448 e. The number of nitrogens with two attached hydrogens (primary N) is 1. The van der Waals surface area contributed by atoms with Gasteiger partial charge in [0.05, 0.1) is 25.0 Å². The lowest BCUT2D eigenvalue weighted by Gasteiger charge is -2.18. The molecule has 3 aromatic rings. The molecule has 3 N–H and O–H groups in total. The van der Waals surface area contributed by atoms with Crippen LogP contribution in [-0.4, -0.2) is 44.6 Å². The summed E-state index contributed by atoms with van der Waals surface area (Å²) in [6.07, 6.45) is 0.204. The molecule has 7 heteroatoms. The van der Waals surface area contributed by atoms with Crippen molar-refractivity contribution in [2.24, 2.45) is 0 Å². The van der Waals surface area contributed by atoms with E-state index >= 15 is 0 Å². The van der Waals surface area contributed by atoms with E-state index in [1.807, 2.05) is 42.5 Å². The van der Waals surface area contributed by atoms with Gasteiger partial charge in [0.1, 0.15) is 12.9 Å². The molecule has 0 saturated heterocycles. The third-order valence-electron chi connectivity index (χ3n) is 5.17. The second kappa shape index (κ2) is 11.0. The zero-order valence-corrected chi connectivity index (χ0v) is 18.2. The fourth-order valence-electron chi connectivity index (χ4n) is 3.59. The predicted molar refractivity (Wildman–Crippen MR) is 125 cm³/mol. The van der Waals surface area contributed by atoms with Gasteiger partial charge in [0, 0.05) is 13.0 Å². The van der Waals surface area contributed by atoms with Crippen LogP contribution in [0.5, 0.6) is 0 Å². The number of nitrogen functional groups attached to an aromatic ring is 1. The number of anilines is 2. The van der Waals surface area contributed by atoms with E-state index in [4.69, 9.17) is 10.5 Å². The second-order valence-electron chi connectivity index (χ2n) is 7.24. The van der Waals surface area contributed by atoms with Gasteiger partial charge in [-0.15, -0.1) is 0 Å². The van der Waals surface area contributed by atoms with Crippen molar-refractivity contribution in [3.63, 3.8) is 0 Å². The molecule has 0 fully saturated rings. The molecule has 1 aliphatic carbocycles. The molecule has 0 radical (unpaired) electrons. The topological polar surface area (TPSA) is 93.9 Å². The molecular formula is C25H27N3O4. The summed E-state index contributed by atoms with van der Waals surface area (Å²) in [5, 5.41) is 0. The molecule has 0 aromatic heterocycles. The molecule has 7 nitrogen and oxygen atoms in total. The van der Waals surface area contributed by atoms with Crippen LogP contribution in [0, 0.1) is 0 Å². The highest BCUT2D eigenvalue weighted by atomic mass is 16.6. The van der Waals surface area contributed by atoms with Gasteiger partial charge in [-0.3, -0.25) is 10.3 Å². The van der Waals surface area contributed by atoms with Crippen LogP contribution in [-0.2, 0) is 14.4 Å². The molecule has 0 unspecified atom stereocenters. The van der Waals surface area contributed by atoms with Crippen molar-refractivity contribution in [2.45, 2.75) is 5.92 Å². The third kappa shape index (κ3) is 5.25. The number of hydrogen-bond acceptors (Lipinski definition) is 6. The lowest BCUT2D eigenvalue weighted by Crippen LogP contribution is -2.30. The van der Waals surface area contributed by atoms with Gasteiger partial charge >= 0.3 is 6.09 Å². The molecule has 0 heterocycles. The number of carbonyl (C=O) groups excluding carboxylic acids is 2. The number of aldehydes is 1. The van der Waals surface area contributed by atoms with E-state index in [-0.39, 0.29) is 19.1 Å². The highest BCUT2D eigenvalue weighted by molar-refractivity contribution is 5.79. The number of benzene rings is 3. The maximum Gasteiger partial charge on any atom is 0.409 e. The van der Waals surface area contributed by atoms with Crippen LogP contribution in [0.1, 0.15) is 17.0 Å². The van der Waals surface area contributed by atoms with Gasteiger partial charge < -0.3 is 20.2 Å².